The maximum Gasteiger partial charge on any atom is 0.432 e. The summed E-state index contributed by atoms with van der Waals surface area (Å²) in [6.45, 7) is 4.79. The average molecular weight is 550 g/mol. The molecule has 1 aromatic heterocycles. The molecule has 3 aliphatic heterocycles. The Balaban J connectivity index is 1.16. The number of piperidine rings is 1. The minimum absolute atomic E-state index is 0.0330. The molecular weight excluding hydrogens is 510 g/mol. The molecule has 3 saturated heterocycles. The van der Waals surface area contributed by atoms with E-state index >= 15 is 0 Å². The molecule has 12 heteroatoms. The van der Waals surface area contributed by atoms with Gasteiger partial charge in [0.2, 0.25) is 0 Å². The van der Waals surface area contributed by atoms with Gasteiger partial charge in [0.1, 0.15) is 5.52 Å². The number of nitrogens with one attached hydrogen (secondary N) is 1. The number of carbonyl (C=O) groups excluding carboxylic acids is 1. The second-order valence-corrected chi connectivity index (χ2v) is 13.7. The van der Waals surface area contributed by atoms with Gasteiger partial charge in [-0.3, -0.25) is 14.4 Å². The Morgan fingerprint density at radius 3 is 2.42 bits per heavy atom. The van der Waals surface area contributed by atoms with Gasteiger partial charge in [-0.25, -0.2) is 18.0 Å². The number of amides is 1. The van der Waals surface area contributed by atoms with Crippen LogP contribution in [0.4, 0.5) is 4.79 Å². The standard InChI is InChI=1S/C26H39N5O6S/c1-17(2)30-23-6-4-5-7-24(23)31(26(30)34)37-25(33)27-18-12-19-8-9-20(13-18)29(19)15-22(32)14-28(3)21-10-11-38(35,36)16-21/h4-7,17-22,32H,8-16H2,1-3H3,(H,27,33)/t18?,19-,20+,21?,22?. The Labute approximate surface area is 223 Å². The van der Waals surface area contributed by atoms with Crippen LogP contribution in [0.25, 0.3) is 11.0 Å². The molecule has 2 N–H and O–H groups in total. The lowest BCUT2D eigenvalue weighted by Crippen LogP contribution is -2.54. The van der Waals surface area contributed by atoms with E-state index in [-0.39, 0.29) is 47.4 Å². The Morgan fingerprint density at radius 1 is 1.16 bits per heavy atom. The second-order valence-electron chi connectivity index (χ2n) is 11.5. The quantitative estimate of drug-likeness (QED) is 0.500. The van der Waals surface area contributed by atoms with E-state index in [1.54, 1.807) is 16.7 Å². The van der Waals surface area contributed by atoms with Crippen molar-refractivity contribution in [2.24, 2.45) is 0 Å². The summed E-state index contributed by atoms with van der Waals surface area (Å²) in [7, 11) is -1.08. The molecular formula is C26H39N5O6S. The van der Waals surface area contributed by atoms with E-state index in [2.05, 4.69) is 10.2 Å². The second kappa shape index (κ2) is 10.6. The summed E-state index contributed by atoms with van der Waals surface area (Å²) in [5, 5.41) is 13.8. The number of hydrogen-bond donors (Lipinski definition) is 2. The number of benzene rings is 1. The van der Waals surface area contributed by atoms with Gasteiger partial charge in [0.05, 0.1) is 23.1 Å². The highest BCUT2D eigenvalue weighted by Crippen LogP contribution is 2.36. The number of aromatic nitrogens is 2. The fraction of sp³-hybridized carbons (Fsp3) is 0.692. The van der Waals surface area contributed by atoms with Gasteiger partial charge in [-0.1, -0.05) is 12.1 Å². The number of imidazole rings is 1. The molecule has 3 unspecified atom stereocenters. The van der Waals surface area contributed by atoms with E-state index in [0.717, 1.165) is 30.4 Å². The van der Waals surface area contributed by atoms with Gasteiger partial charge >= 0.3 is 11.8 Å². The molecule has 3 aliphatic rings. The fourth-order valence-corrected chi connectivity index (χ4v) is 8.41. The number of fused-ring (bicyclic) bond motifs is 3. The third-order valence-electron chi connectivity index (χ3n) is 8.39. The molecule has 38 heavy (non-hydrogen) atoms. The molecule has 1 aromatic carbocycles. The van der Waals surface area contributed by atoms with Crippen molar-refractivity contribution in [2.45, 2.75) is 82.3 Å². The number of aliphatic hydroxyl groups excluding tert-OH is 1. The molecule has 11 nitrogen and oxygen atoms in total. The SMILES string of the molecule is CC(C)n1c(=O)n(OC(=O)NC2C[C@H]3CC[C@@H](C2)N3CC(O)CN(C)C2CCS(=O)(=O)C2)c2ccccc21. The average Bonchev–Trinajstić information content (AvgIpc) is 3.42. The van der Waals surface area contributed by atoms with Crippen molar-refractivity contribution < 1.29 is 23.2 Å². The summed E-state index contributed by atoms with van der Waals surface area (Å²) in [5.74, 6) is 0.387. The van der Waals surface area contributed by atoms with Crippen LogP contribution in [0.2, 0.25) is 0 Å². The summed E-state index contributed by atoms with van der Waals surface area (Å²) in [4.78, 5) is 35.6. The van der Waals surface area contributed by atoms with Crippen LogP contribution in [0, 0.1) is 0 Å². The van der Waals surface area contributed by atoms with E-state index in [1.165, 1.54) is 0 Å². The van der Waals surface area contributed by atoms with E-state index in [0.29, 0.717) is 30.5 Å². The molecule has 2 bridgehead atoms. The number of rotatable bonds is 8. The molecule has 0 spiro atoms. The first-order chi connectivity index (χ1) is 18.0. The highest BCUT2D eigenvalue weighted by Gasteiger charge is 2.42. The van der Waals surface area contributed by atoms with Crippen LogP contribution in [0.15, 0.2) is 29.1 Å². The van der Waals surface area contributed by atoms with Crippen molar-refractivity contribution >= 4 is 27.0 Å². The Morgan fingerprint density at radius 2 is 1.82 bits per heavy atom. The van der Waals surface area contributed by atoms with E-state index in [9.17, 15) is 23.1 Å². The lowest BCUT2D eigenvalue weighted by molar-refractivity contribution is 0.0316. The largest absolute Gasteiger partial charge is 0.432 e. The van der Waals surface area contributed by atoms with Crippen LogP contribution in [0.1, 0.15) is 52.0 Å². The van der Waals surface area contributed by atoms with Gasteiger partial charge in [-0.2, -0.15) is 0 Å². The molecule has 210 valence electrons. The molecule has 1 amide bonds. The number of nitrogens with zero attached hydrogens (tertiary/aromatic N) is 4. The van der Waals surface area contributed by atoms with E-state index in [4.69, 9.17) is 4.84 Å². The summed E-state index contributed by atoms with van der Waals surface area (Å²) in [5.41, 5.74) is 0.871. The van der Waals surface area contributed by atoms with Crippen LogP contribution in [0.3, 0.4) is 0 Å². The summed E-state index contributed by atoms with van der Waals surface area (Å²) in [6.07, 6.45) is 2.89. The number of carbonyl (C=O) groups is 1. The maximum atomic E-state index is 13.0. The predicted molar refractivity (Wildman–Crippen MR) is 144 cm³/mol. The van der Waals surface area contributed by atoms with Crippen LogP contribution >= 0.6 is 0 Å². The normalized spacial score (nSPS) is 27.8. The molecule has 0 radical (unpaired) electrons. The summed E-state index contributed by atoms with van der Waals surface area (Å²) >= 11 is 0. The lowest BCUT2D eigenvalue weighted by atomic mass is 9.97. The van der Waals surface area contributed by atoms with Crippen molar-refractivity contribution in [3.63, 3.8) is 0 Å². The van der Waals surface area contributed by atoms with Crippen LogP contribution in [-0.2, 0) is 9.84 Å². The zero-order chi connectivity index (χ0) is 27.2. The van der Waals surface area contributed by atoms with Crippen LogP contribution in [0.5, 0.6) is 0 Å². The first kappa shape index (κ1) is 27.2. The predicted octanol–water partition coefficient (Wildman–Crippen LogP) is 0.997. The maximum absolute atomic E-state index is 13.0. The number of hydrogen-bond acceptors (Lipinski definition) is 8. The van der Waals surface area contributed by atoms with Crippen LogP contribution < -0.4 is 15.8 Å². The molecule has 3 fully saturated rings. The highest BCUT2D eigenvalue weighted by molar-refractivity contribution is 7.91. The van der Waals surface area contributed by atoms with Crippen molar-refractivity contribution in [3.8, 4) is 0 Å². The van der Waals surface area contributed by atoms with Crippen molar-refractivity contribution in [1.29, 1.82) is 0 Å². The smallest absolute Gasteiger partial charge is 0.390 e. The number of likely N-dealkylation sites (N-methyl/N-ethyl adjacent to an activating group) is 1. The van der Waals surface area contributed by atoms with E-state index < -0.39 is 22.0 Å². The van der Waals surface area contributed by atoms with Gasteiger partial charge in [-0.05, 0) is 65.1 Å². The van der Waals surface area contributed by atoms with Crippen molar-refractivity contribution in [2.75, 3.05) is 31.6 Å². The molecule has 2 aromatic rings. The van der Waals surface area contributed by atoms with Crippen molar-refractivity contribution in [3.05, 3.63) is 34.7 Å². The minimum Gasteiger partial charge on any atom is -0.390 e. The van der Waals surface area contributed by atoms with Gasteiger partial charge in [0.15, 0.2) is 9.84 Å². The van der Waals surface area contributed by atoms with E-state index in [1.807, 2.05) is 37.9 Å². The summed E-state index contributed by atoms with van der Waals surface area (Å²) in [6, 6.07) is 7.56. The Bertz CT molecular complexity index is 1320. The fourth-order valence-electron chi connectivity index (χ4n) is 6.60. The first-order valence-electron chi connectivity index (χ1n) is 13.6. The number of sulfone groups is 1. The van der Waals surface area contributed by atoms with Crippen molar-refractivity contribution in [1.82, 2.24) is 24.4 Å². The molecule has 5 atom stereocenters. The van der Waals surface area contributed by atoms with Gasteiger partial charge < -0.3 is 15.3 Å². The topological polar surface area (TPSA) is 126 Å². The monoisotopic (exact) mass is 549 g/mol. The third kappa shape index (κ3) is 5.49. The lowest BCUT2D eigenvalue weighted by Gasteiger charge is -2.40. The number of para-hydroxylation sites is 2. The summed E-state index contributed by atoms with van der Waals surface area (Å²) < 4.78 is 26.3. The van der Waals surface area contributed by atoms with Crippen LogP contribution in [-0.4, -0.2) is 101 Å². The molecule has 5 rings (SSSR count). The molecule has 4 heterocycles. The van der Waals surface area contributed by atoms with Gasteiger partial charge in [0.25, 0.3) is 0 Å². The Kier molecular flexibility index (Phi) is 7.60. The third-order valence-corrected chi connectivity index (χ3v) is 10.1. The number of aliphatic hydroxyl groups is 1. The Hall–Kier alpha value is -2.41. The van der Waals surface area contributed by atoms with Gasteiger partial charge in [-0.15, -0.1) is 4.73 Å². The van der Waals surface area contributed by atoms with Gasteiger partial charge in [0, 0.05) is 43.3 Å². The highest BCUT2D eigenvalue weighted by atomic mass is 32.2. The minimum atomic E-state index is -2.96. The zero-order valence-corrected chi connectivity index (χ0v) is 23.1. The zero-order valence-electron chi connectivity index (χ0n) is 22.3. The first-order valence-corrected chi connectivity index (χ1v) is 15.4. The molecule has 0 saturated carbocycles. The molecule has 0 aliphatic carbocycles.